The number of nitrogens with one attached hydrogen (secondary N) is 1. The van der Waals surface area contributed by atoms with Crippen LogP contribution in [0.15, 0.2) is 23.1 Å². The highest BCUT2D eigenvalue weighted by atomic mass is 32.2. The van der Waals surface area contributed by atoms with E-state index >= 15 is 0 Å². The minimum absolute atomic E-state index is 0.257. The molecule has 0 radical (unpaired) electrons. The van der Waals surface area contributed by atoms with Crippen LogP contribution in [0, 0.1) is 15.9 Å². The minimum Gasteiger partial charge on any atom is -0.314 e. The highest BCUT2D eigenvalue weighted by molar-refractivity contribution is 7.89. The third-order valence-corrected chi connectivity index (χ3v) is 5.17. The van der Waals surface area contributed by atoms with E-state index in [0.29, 0.717) is 19.2 Å². The van der Waals surface area contributed by atoms with Crippen LogP contribution in [0.4, 0.5) is 10.1 Å². The zero-order valence-electron chi connectivity index (χ0n) is 10.7. The maximum absolute atomic E-state index is 13.6. The van der Waals surface area contributed by atoms with Gasteiger partial charge in [0.2, 0.25) is 15.8 Å². The molecule has 0 aliphatic carbocycles. The summed E-state index contributed by atoms with van der Waals surface area (Å²) in [6, 6.07) is 2.37. The van der Waals surface area contributed by atoms with Crippen molar-refractivity contribution >= 4 is 15.7 Å². The summed E-state index contributed by atoms with van der Waals surface area (Å²) >= 11 is 0. The average Bonchev–Trinajstić information content (AvgIpc) is 2.38. The van der Waals surface area contributed by atoms with Crippen molar-refractivity contribution in [3.63, 3.8) is 0 Å². The van der Waals surface area contributed by atoms with Gasteiger partial charge in [-0.2, -0.15) is 8.70 Å². The van der Waals surface area contributed by atoms with Crippen molar-refractivity contribution in [1.29, 1.82) is 0 Å². The number of nitro groups is 1. The SMILES string of the molecule is CC1CNCCN1S(=O)(=O)c1ccc([N+](=O)[O-])c(F)c1. The van der Waals surface area contributed by atoms with E-state index in [1.807, 2.05) is 0 Å². The quantitative estimate of drug-likeness (QED) is 0.656. The Hall–Kier alpha value is -1.58. The average molecular weight is 303 g/mol. The second kappa shape index (κ2) is 5.43. The lowest BCUT2D eigenvalue weighted by Gasteiger charge is -2.32. The molecule has 1 aliphatic rings. The smallest absolute Gasteiger partial charge is 0.304 e. The van der Waals surface area contributed by atoms with Crippen molar-refractivity contribution in [3.8, 4) is 0 Å². The zero-order valence-corrected chi connectivity index (χ0v) is 11.6. The molecule has 0 bridgehead atoms. The first-order valence-corrected chi connectivity index (χ1v) is 7.44. The van der Waals surface area contributed by atoms with Gasteiger partial charge in [-0.05, 0) is 13.0 Å². The molecule has 7 nitrogen and oxygen atoms in total. The van der Waals surface area contributed by atoms with Crippen LogP contribution < -0.4 is 5.32 Å². The molecule has 1 saturated heterocycles. The summed E-state index contributed by atoms with van der Waals surface area (Å²) in [6.07, 6.45) is 0. The van der Waals surface area contributed by atoms with Crippen LogP contribution in [-0.4, -0.2) is 43.3 Å². The number of piperazine rings is 1. The number of nitro benzene ring substituents is 1. The number of sulfonamides is 1. The molecule has 1 unspecified atom stereocenters. The van der Waals surface area contributed by atoms with Crippen LogP contribution in [0.2, 0.25) is 0 Å². The number of benzene rings is 1. The normalized spacial score (nSPS) is 20.8. The highest BCUT2D eigenvalue weighted by Crippen LogP contribution is 2.24. The first-order chi connectivity index (χ1) is 9.34. The fraction of sp³-hybridized carbons (Fsp3) is 0.455. The van der Waals surface area contributed by atoms with Gasteiger partial charge in [0.25, 0.3) is 0 Å². The number of nitrogens with zero attached hydrogens (tertiary/aromatic N) is 2. The van der Waals surface area contributed by atoms with Gasteiger partial charge in [-0.15, -0.1) is 0 Å². The molecular weight excluding hydrogens is 289 g/mol. The molecule has 1 heterocycles. The molecule has 2 rings (SSSR count). The van der Waals surface area contributed by atoms with Gasteiger partial charge >= 0.3 is 5.69 Å². The van der Waals surface area contributed by atoms with E-state index in [-0.39, 0.29) is 17.5 Å². The highest BCUT2D eigenvalue weighted by Gasteiger charge is 2.32. The van der Waals surface area contributed by atoms with Gasteiger partial charge in [0.1, 0.15) is 0 Å². The Bertz CT molecular complexity index is 635. The lowest BCUT2D eigenvalue weighted by Crippen LogP contribution is -2.52. The first-order valence-electron chi connectivity index (χ1n) is 6.00. The Balaban J connectivity index is 2.39. The van der Waals surface area contributed by atoms with Gasteiger partial charge in [0.15, 0.2) is 0 Å². The standard InChI is InChI=1S/C11H14FN3O4S/c1-8-7-13-4-5-14(8)20(18,19)9-2-3-11(15(16)17)10(12)6-9/h2-3,6,8,13H,4-5,7H2,1H3. The molecule has 1 aromatic rings. The molecule has 1 aromatic carbocycles. The lowest BCUT2D eigenvalue weighted by atomic mass is 10.3. The Kier molecular flexibility index (Phi) is 4.02. The fourth-order valence-electron chi connectivity index (χ4n) is 2.11. The second-order valence-electron chi connectivity index (χ2n) is 4.54. The maximum Gasteiger partial charge on any atom is 0.304 e. The van der Waals surface area contributed by atoms with E-state index in [1.165, 1.54) is 4.31 Å². The largest absolute Gasteiger partial charge is 0.314 e. The summed E-state index contributed by atoms with van der Waals surface area (Å²) < 4.78 is 39.6. The number of halogens is 1. The van der Waals surface area contributed by atoms with Gasteiger partial charge in [-0.1, -0.05) is 0 Å². The van der Waals surface area contributed by atoms with Crippen LogP contribution in [0.5, 0.6) is 0 Å². The van der Waals surface area contributed by atoms with Crippen molar-refractivity contribution in [2.75, 3.05) is 19.6 Å². The topological polar surface area (TPSA) is 92.6 Å². The predicted molar refractivity (Wildman–Crippen MR) is 69.3 cm³/mol. The summed E-state index contributed by atoms with van der Waals surface area (Å²) in [5, 5.41) is 13.6. The minimum atomic E-state index is -3.85. The number of hydrogen-bond donors (Lipinski definition) is 1. The van der Waals surface area contributed by atoms with Crippen LogP contribution in [0.1, 0.15) is 6.92 Å². The van der Waals surface area contributed by atoms with E-state index < -0.39 is 26.5 Å². The van der Waals surface area contributed by atoms with E-state index in [1.54, 1.807) is 6.92 Å². The van der Waals surface area contributed by atoms with E-state index in [4.69, 9.17) is 0 Å². The molecular formula is C11H14FN3O4S. The summed E-state index contributed by atoms with van der Waals surface area (Å²) in [5.74, 6) is -1.15. The molecule has 9 heteroatoms. The predicted octanol–water partition coefficient (Wildman–Crippen LogP) is 0.716. The van der Waals surface area contributed by atoms with Gasteiger partial charge in [0, 0.05) is 37.8 Å². The second-order valence-corrected chi connectivity index (χ2v) is 6.43. The van der Waals surface area contributed by atoms with Gasteiger partial charge in [-0.25, -0.2) is 8.42 Å². The zero-order chi connectivity index (χ0) is 14.9. The van der Waals surface area contributed by atoms with E-state index in [0.717, 1.165) is 12.1 Å². The summed E-state index contributed by atoms with van der Waals surface area (Å²) in [5.41, 5.74) is -0.739. The van der Waals surface area contributed by atoms with Crippen molar-refractivity contribution in [2.45, 2.75) is 17.9 Å². The van der Waals surface area contributed by atoms with Crippen molar-refractivity contribution in [2.24, 2.45) is 0 Å². The molecule has 0 saturated carbocycles. The molecule has 1 atom stereocenters. The van der Waals surface area contributed by atoms with Crippen LogP contribution in [-0.2, 0) is 10.0 Å². The van der Waals surface area contributed by atoms with Crippen molar-refractivity contribution in [3.05, 3.63) is 34.1 Å². The molecule has 1 aliphatic heterocycles. The van der Waals surface area contributed by atoms with E-state index in [9.17, 15) is 22.9 Å². The van der Waals surface area contributed by atoms with Crippen LogP contribution >= 0.6 is 0 Å². The van der Waals surface area contributed by atoms with Crippen LogP contribution in [0.3, 0.4) is 0 Å². The molecule has 0 aromatic heterocycles. The fourth-order valence-corrected chi connectivity index (χ4v) is 3.75. The van der Waals surface area contributed by atoms with Gasteiger partial charge < -0.3 is 5.32 Å². The Labute approximate surface area is 115 Å². The Morgan fingerprint density at radius 1 is 1.50 bits per heavy atom. The van der Waals surface area contributed by atoms with E-state index in [2.05, 4.69) is 5.32 Å². The molecule has 110 valence electrons. The summed E-state index contributed by atoms with van der Waals surface area (Å²) in [4.78, 5) is 9.38. The van der Waals surface area contributed by atoms with Crippen LogP contribution in [0.25, 0.3) is 0 Å². The third-order valence-electron chi connectivity index (χ3n) is 3.16. The molecule has 1 N–H and O–H groups in total. The first kappa shape index (κ1) is 14.8. The number of rotatable bonds is 3. The summed E-state index contributed by atoms with van der Waals surface area (Å²) in [6.45, 7) is 3.04. The molecule has 0 spiro atoms. The lowest BCUT2D eigenvalue weighted by molar-refractivity contribution is -0.387. The molecule has 20 heavy (non-hydrogen) atoms. The van der Waals surface area contributed by atoms with Crippen molar-refractivity contribution in [1.82, 2.24) is 9.62 Å². The molecule has 1 fully saturated rings. The van der Waals surface area contributed by atoms with Gasteiger partial charge in [-0.3, -0.25) is 10.1 Å². The molecule has 0 amide bonds. The maximum atomic E-state index is 13.6. The third kappa shape index (κ3) is 2.65. The van der Waals surface area contributed by atoms with Crippen molar-refractivity contribution < 1.29 is 17.7 Å². The summed E-state index contributed by atoms with van der Waals surface area (Å²) in [7, 11) is -3.85. The monoisotopic (exact) mass is 303 g/mol. The Morgan fingerprint density at radius 3 is 2.75 bits per heavy atom. The Morgan fingerprint density at radius 2 is 2.20 bits per heavy atom. The number of hydrogen-bond acceptors (Lipinski definition) is 5. The van der Waals surface area contributed by atoms with Gasteiger partial charge in [0.05, 0.1) is 9.82 Å².